The van der Waals surface area contributed by atoms with Gasteiger partial charge in [-0.3, -0.25) is 4.79 Å². The molecule has 0 spiro atoms. The average Bonchev–Trinajstić information content (AvgIpc) is 2.57. The molecule has 0 radical (unpaired) electrons. The van der Waals surface area contributed by atoms with Crippen molar-refractivity contribution in [1.82, 2.24) is 0 Å². The fourth-order valence-corrected chi connectivity index (χ4v) is 2.35. The third-order valence-corrected chi connectivity index (χ3v) is 3.51. The summed E-state index contributed by atoms with van der Waals surface area (Å²) in [5.74, 6) is -1.10. The molecule has 0 saturated carbocycles. The second kappa shape index (κ2) is 7.62. The summed E-state index contributed by atoms with van der Waals surface area (Å²) in [7, 11) is 1.39. The summed E-state index contributed by atoms with van der Waals surface area (Å²) < 4.78 is 18.5. The van der Waals surface area contributed by atoms with Crippen LogP contribution in [-0.2, 0) is 4.79 Å². The van der Waals surface area contributed by atoms with Crippen LogP contribution in [0, 0.1) is 17.1 Å². The van der Waals surface area contributed by atoms with Gasteiger partial charge in [-0.05, 0) is 42.5 Å². The van der Waals surface area contributed by atoms with E-state index in [1.165, 1.54) is 37.5 Å². The Kier molecular flexibility index (Phi) is 5.55. The Morgan fingerprint density at radius 1 is 1.38 bits per heavy atom. The molecule has 2 N–H and O–H groups in total. The maximum Gasteiger partial charge on any atom is 0.266 e. The van der Waals surface area contributed by atoms with Gasteiger partial charge in [0.05, 0.1) is 7.11 Å². The molecular weight excluding hydrogens is 379 g/mol. The van der Waals surface area contributed by atoms with Crippen LogP contribution < -0.4 is 10.1 Å². The number of methoxy groups -OCH3 is 1. The molecule has 7 heteroatoms. The lowest BCUT2D eigenvalue weighted by atomic mass is 10.1. The first kappa shape index (κ1) is 17.5. The lowest BCUT2D eigenvalue weighted by Gasteiger charge is -2.08. The number of carbonyl (C=O) groups excluding carboxylic acids is 1. The van der Waals surface area contributed by atoms with Crippen LogP contribution in [0.1, 0.15) is 5.56 Å². The number of anilines is 1. The highest BCUT2D eigenvalue weighted by atomic mass is 79.9. The molecule has 24 heavy (non-hydrogen) atoms. The summed E-state index contributed by atoms with van der Waals surface area (Å²) in [6.07, 6.45) is 1.24. The van der Waals surface area contributed by atoms with Crippen LogP contribution >= 0.6 is 15.9 Å². The van der Waals surface area contributed by atoms with Crippen LogP contribution in [0.5, 0.6) is 11.5 Å². The number of phenolic OH excluding ortho intramolecular Hbond substituents is 1. The lowest BCUT2D eigenvalue weighted by Crippen LogP contribution is -2.13. The fourth-order valence-electron chi connectivity index (χ4n) is 1.90. The number of amides is 1. The molecule has 0 heterocycles. The van der Waals surface area contributed by atoms with Gasteiger partial charge in [0.1, 0.15) is 17.5 Å². The number of nitrogens with one attached hydrogen (secondary N) is 1. The number of halogens is 2. The van der Waals surface area contributed by atoms with Crippen molar-refractivity contribution >= 4 is 33.6 Å². The Hall–Kier alpha value is -2.85. The van der Waals surface area contributed by atoms with E-state index in [1.54, 1.807) is 18.2 Å². The number of hydrogen-bond donors (Lipinski definition) is 2. The van der Waals surface area contributed by atoms with Gasteiger partial charge in [-0.1, -0.05) is 15.9 Å². The normalized spacial score (nSPS) is 10.8. The van der Waals surface area contributed by atoms with Gasteiger partial charge in [-0.15, -0.1) is 0 Å². The maximum atomic E-state index is 12.9. The zero-order chi connectivity index (χ0) is 17.7. The summed E-state index contributed by atoms with van der Waals surface area (Å²) >= 11 is 3.26. The number of rotatable bonds is 4. The molecule has 0 aliphatic carbocycles. The number of nitrogens with zero attached hydrogens (tertiary/aromatic N) is 1. The van der Waals surface area contributed by atoms with Crippen molar-refractivity contribution in [3.8, 4) is 17.6 Å². The quantitative estimate of drug-likeness (QED) is 0.613. The number of nitriles is 1. The van der Waals surface area contributed by atoms with E-state index in [4.69, 9.17) is 4.74 Å². The molecule has 5 nitrogen and oxygen atoms in total. The van der Waals surface area contributed by atoms with Gasteiger partial charge >= 0.3 is 0 Å². The molecule has 0 bridgehead atoms. The van der Waals surface area contributed by atoms with Crippen LogP contribution in [0.3, 0.4) is 0 Å². The minimum absolute atomic E-state index is 0.192. The first-order valence-electron chi connectivity index (χ1n) is 6.70. The zero-order valence-electron chi connectivity index (χ0n) is 12.5. The molecule has 122 valence electrons. The van der Waals surface area contributed by atoms with Gasteiger partial charge < -0.3 is 15.2 Å². The van der Waals surface area contributed by atoms with Crippen LogP contribution in [0.25, 0.3) is 6.08 Å². The third kappa shape index (κ3) is 4.12. The van der Waals surface area contributed by atoms with E-state index in [2.05, 4.69) is 21.2 Å². The third-order valence-electron chi connectivity index (χ3n) is 3.06. The fraction of sp³-hybridized carbons (Fsp3) is 0.0588. The summed E-state index contributed by atoms with van der Waals surface area (Å²) in [6, 6.07) is 10.0. The van der Waals surface area contributed by atoms with Gasteiger partial charge in [-0.2, -0.15) is 5.26 Å². The standard InChI is InChI=1S/C17H12BrFN2O3/c1-24-15-8-12(18)7-10(16(15)22)6-11(9-20)17(23)21-14-4-2-13(19)3-5-14/h2-8,22H,1H3,(H,21,23). The van der Waals surface area contributed by atoms with E-state index >= 15 is 0 Å². The first-order chi connectivity index (χ1) is 11.4. The Labute approximate surface area is 146 Å². The maximum absolute atomic E-state index is 12.9. The Balaban J connectivity index is 2.32. The van der Waals surface area contributed by atoms with Crippen LogP contribution in [0.15, 0.2) is 46.4 Å². The van der Waals surface area contributed by atoms with Crippen molar-refractivity contribution in [2.75, 3.05) is 12.4 Å². The molecule has 0 fully saturated rings. The SMILES string of the molecule is COc1cc(Br)cc(C=C(C#N)C(=O)Nc2ccc(F)cc2)c1O. The minimum Gasteiger partial charge on any atom is -0.504 e. The van der Waals surface area contributed by atoms with Crippen molar-refractivity contribution in [3.05, 3.63) is 57.8 Å². The van der Waals surface area contributed by atoms with Crippen LogP contribution in [-0.4, -0.2) is 18.1 Å². The molecule has 2 aromatic carbocycles. The largest absolute Gasteiger partial charge is 0.504 e. The van der Waals surface area contributed by atoms with Crippen molar-refractivity contribution in [2.24, 2.45) is 0 Å². The molecule has 0 aromatic heterocycles. The lowest BCUT2D eigenvalue weighted by molar-refractivity contribution is -0.112. The number of phenols is 1. The second-order valence-corrected chi connectivity index (χ2v) is 5.59. The number of carbonyl (C=O) groups is 1. The Morgan fingerprint density at radius 3 is 2.62 bits per heavy atom. The summed E-state index contributed by atoms with van der Waals surface area (Å²) in [5, 5.41) is 21.8. The van der Waals surface area contributed by atoms with Crippen molar-refractivity contribution < 1.29 is 19.0 Å². The molecule has 2 rings (SSSR count). The van der Waals surface area contributed by atoms with Crippen LogP contribution in [0.4, 0.5) is 10.1 Å². The molecular formula is C17H12BrFN2O3. The van der Waals surface area contributed by atoms with Crippen molar-refractivity contribution in [1.29, 1.82) is 5.26 Å². The Morgan fingerprint density at radius 2 is 2.04 bits per heavy atom. The van der Waals surface area contributed by atoms with Gasteiger partial charge in [0.25, 0.3) is 5.91 Å². The molecule has 0 atom stereocenters. The first-order valence-corrected chi connectivity index (χ1v) is 7.49. The molecule has 1 amide bonds. The minimum atomic E-state index is -0.678. The average molecular weight is 391 g/mol. The number of benzene rings is 2. The highest BCUT2D eigenvalue weighted by Gasteiger charge is 2.13. The molecule has 0 aliphatic rings. The molecule has 0 saturated heterocycles. The smallest absolute Gasteiger partial charge is 0.266 e. The van der Waals surface area contributed by atoms with E-state index in [-0.39, 0.29) is 22.6 Å². The van der Waals surface area contributed by atoms with Gasteiger partial charge in [0.15, 0.2) is 11.5 Å². The topological polar surface area (TPSA) is 82.3 Å². The molecule has 2 aromatic rings. The summed E-state index contributed by atoms with van der Waals surface area (Å²) in [6.45, 7) is 0. The van der Waals surface area contributed by atoms with E-state index in [9.17, 15) is 19.6 Å². The summed E-state index contributed by atoms with van der Waals surface area (Å²) in [4.78, 5) is 12.2. The van der Waals surface area contributed by atoms with E-state index in [1.807, 2.05) is 0 Å². The van der Waals surface area contributed by atoms with E-state index in [0.717, 1.165) is 0 Å². The highest BCUT2D eigenvalue weighted by Crippen LogP contribution is 2.34. The van der Waals surface area contributed by atoms with Gasteiger partial charge in [0, 0.05) is 15.7 Å². The molecule has 0 aliphatic heterocycles. The van der Waals surface area contributed by atoms with Crippen molar-refractivity contribution in [3.63, 3.8) is 0 Å². The zero-order valence-corrected chi connectivity index (χ0v) is 14.1. The number of ether oxygens (including phenoxy) is 1. The molecule has 0 unspecified atom stereocenters. The highest BCUT2D eigenvalue weighted by molar-refractivity contribution is 9.10. The van der Waals surface area contributed by atoms with E-state index < -0.39 is 11.7 Å². The van der Waals surface area contributed by atoms with E-state index in [0.29, 0.717) is 10.2 Å². The number of hydrogen-bond acceptors (Lipinski definition) is 4. The predicted molar refractivity (Wildman–Crippen MR) is 91.0 cm³/mol. The Bertz CT molecular complexity index is 842. The predicted octanol–water partition coefficient (Wildman–Crippen LogP) is 3.85. The monoisotopic (exact) mass is 390 g/mol. The number of aromatic hydroxyl groups is 1. The van der Waals surface area contributed by atoms with Gasteiger partial charge in [0.2, 0.25) is 0 Å². The van der Waals surface area contributed by atoms with Gasteiger partial charge in [-0.25, -0.2) is 4.39 Å². The van der Waals surface area contributed by atoms with Crippen LogP contribution in [0.2, 0.25) is 0 Å². The second-order valence-electron chi connectivity index (χ2n) is 4.68. The summed E-state index contributed by atoms with van der Waals surface area (Å²) in [5.41, 5.74) is 0.361. The van der Waals surface area contributed by atoms with Crippen molar-refractivity contribution in [2.45, 2.75) is 0 Å².